The van der Waals surface area contributed by atoms with Gasteiger partial charge in [-0.3, -0.25) is 0 Å². The molecule has 2 aromatic rings. The number of carbonyl (C=O) groups excluding carboxylic acids is 2. The molecule has 0 saturated heterocycles. The highest BCUT2D eigenvalue weighted by Crippen LogP contribution is 2.31. The summed E-state index contributed by atoms with van der Waals surface area (Å²) < 4.78 is 10.2. The predicted molar refractivity (Wildman–Crippen MR) is 76.1 cm³/mol. The fourth-order valence-corrected chi connectivity index (χ4v) is 2.49. The summed E-state index contributed by atoms with van der Waals surface area (Å²) in [5.74, 6) is -0.769. The predicted octanol–water partition coefficient (Wildman–Crippen LogP) is 2.93. The smallest absolute Gasteiger partial charge is 0.339 e. The van der Waals surface area contributed by atoms with Crippen molar-refractivity contribution in [1.29, 1.82) is 0 Å². The molecule has 4 nitrogen and oxygen atoms in total. The minimum atomic E-state index is -0.409. The van der Waals surface area contributed by atoms with Gasteiger partial charge in [-0.1, -0.05) is 30.3 Å². The van der Waals surface area contributed by atoms with Gasteiger partial charge >= 0.3 is 11.9 Å². The molecule has 2 aromatic carbocycles. The standard InChI is InChI=1S/C17H14O4/c1-20-16(18)12-7-8-14-13(9-12)10-15(21-17(14)19)11-5-3-2-4-6-11/h2-9,15H,10H2,1H3. The maximum atomic E-state index is 12.1. The molecule has 4 heteroatoms. The SMILES string of the molecule is COC(=O)c1ccc2c(c1)CC(c1ccccc1)OC2=O. The first-order valence-corrected chi connectivity index (χ1v) is 6.66. The van der Waals surface area contributed by atoms with Crippen molar-refractivity contribution >= 4 is 11.9 Å². The Labute approximate surface area is 122 Å². The van der Waals surface area contributed by atoms with E-state index in [1.54, 1.807) is 18.2 Å². The van der Waals surface area contributed by atoms with Crippen LogP contribution >= 0.6 is 0 Å². The molecular weight excluding hydrogens is 268 g/mol. The van der Waals surface area contributed by atoms with Crippen LogP contribution in [0.3, 0.4) is 0 Å². The lowest BCUT2D eigenvalue weighted by Gasteiger charge is -2.25. The van der Waals surface area contributed by atoms with Crippen molar-refractivity contribution in [3.05, 3.63) is 70.8 Å². The number of ether oxygens (including phenoxy) is 2. The Morgan fingerprint density at radius 3 is 2.67 bits per heavy atom. The molecule has 1 heterocycles. The van der Waals surface area contributed by atoms with Crippen molar-refractivity contribution < 1.29 is 19.1 Å². The summed E-state index contributed by atoms with van der Waals surface area (Å²) in [6.07, 6.45) is 0.231. The lowest BCUT2D eigenvalue weighted by molar-refractivity contribution is 0.0251. The van der Waals surface area contributed by atoms with Crippen LogP contribution < -0.4 is 0 Å². The molecule has 3 rings (SSSR count). The lowest BCUT2D eigenvalue weighted by Crippen LogP contribution is -2.22. The molecule has 1 aliphatic rings. The van der Waals surface area contributed by atoms with E-state index < -0.39 is 5.97 Å². The topological polar surface area (TPSA) is 52.6 Å². The average Bonchev–Trinajstić information content (AvgIpc) is 2.54. The maximum Gasteiger partial charge on any atom is 0.339 e. The lowest BCUT2D eigenvalue weighted by atomic mass is 9.93. The third-order valence-electron chi connectivity index (χ3n) is 3.57. The largest absolute Gasteiger partial charge is 0.465 e. The number of fused-ring (bicyclic) bond motifs is 1. The van der Waals surface area contributed by atoms with Crippen LogP contribution in [0.15, 0.2) is 48.5 Å². The van der Waals surface area contributed by atoms with E-state index in [9.17, 15) is 9.59 Å². The van der Waals surface area contributed by atoms with Crippen molar-refractivity contribution in [3.8, 4) is 0 Å². The Bertz CT molecular complexity index is 691. The van der Waals surface area contributed by atoms with Gasteiger partial charge in [0.2, 0.25) is 0 Å². The molecule has 0 N–H and O–H groups in total. The third kappa shape index (κ3) is 2.52. The Morgan fingerprint density at radius 2 is 1.95 bits per heavy atom. The zero-order chi connectivity index (χ0) is 14.8. The second kappa shape index (κ2) is 5.40. The Hall–Kier alpha value is -2.62. The summed E-state index contributed by atoms with van der Waals surface area (Å²) in [6, 6.07) is 14.5. The fourth-order valence-electron chi connectivity index (χ4n) is 2.49. The summed E-state index contributed by atoms with van der Waals surface area (Å²) in [5, 5.41) is 0. The number of esters is 2. The van der Waals surface area contributed by atoms with Crippen molar-refractivity contribution in [3.63, 3.8) is 0 Å². The zero-order valence-corrected chi connectivity index (χ0v) is 11.5. The second-order valence-corrected chi connectivity index (χ2v) is 4.87. The fraction of sp³-hybridized carbons (Fsp3) is 0.176. The highest BCUT2D eigenvalue weighted by molar-refractivity contribution is 5.95. The normalized spacial score (nSPS) is 16.8. The van der Waals surface area contributed by atoms with Crippen molar-refractivity contribution in [2.24, 2.45) is 0 Å². The van der Waals surface area contributed by atoms with E-state index in [2.05, 4.69) is 0 Å². The van der Waals surface area contributed by atoms with Crippen LogP contribution in [0, 0.1) is 0 Å². The van der Waals surface area contributed by atoms with Crippen LogP contribution in [-0.4, -0.2) is 19.0 Å². The van der Waals surface area contributed by atoms with E-state index in [0.717, 1.165) is 11.1 Å². The number of hydrogen-bond acceptors (Lipinski definition) is 4. The summed E-state index contributed by atoms with van der Waals surface area (Å²) in [6.45, 7) is 0. The zero-order valence-electron chi connectivity index (χ0n) is 11.5. The third-order valence-corrected chi connectivity index (χ3v) is 3.57. The molecule has 0 bridgehead atoms. The quantitative estimate of drug-likeness (QED) is 0.795. The molecule has 1 atom stereocenters. The number of cyclic esters (lactones) is 1. The minimum absolute atomic E-state index is 0.320. The molecule has 0 saturated carbocycles. The van der Waals surface area contributed by atoms with Crippen molar-refractivity contribution in [2.45, 2.75) is 12.5 Å². The molecule has 0 radical (unpaired) electrons. The molecule has 21 heavy (non-hydrogen) atoms. The van der Waals surface area contributed by atoms with E-state index in [1.807, 2.05) is 30.3 Å². The maximum absolute atomic E-state index is 12.1. The van der Waals surface area contributed by atoms with Gasteiger partial charge in [-0.25, -0.2) is 9.59 Å². The Kier molecular flexibility index (Phi) is 3.44. The second-order valence-electron chi connectivity index (χ2n) is 4.87. The summed E-state index contributed by atoms with van der Waals surface area (Å²) in [7, 11) is 1.34. The van der Waals surface area contributed by atoms with Gasteiger partial charge in [-0.05, 0) is 29.3 Å². The molecule has 1 aliphatic heterocycles. The Balaban J connectivity index is 1.96. The number of benzene rings is 2. The van der Waals surface area contributed by atoms with E-state index in [4.69, 9.17) is 9.47 Å². The summed E-state index contributed by atoms with van der Waals surface area (Å²) in [5.41, 5.74) is 2.70. The first-order valence-electron chi connectivity index (χ1n) is 6.66. The number of methoxy groups -OCH3 is 1. The molecular formula is C17H14O4. The molecule has 0 aromatic heterocycles. The molecule has 0 spiro atoms. The van der Waals surface area contributed by atoms with Crippen LogP contribution in [0.5, 0.6) is 0 Å². The molecule has 0 aliphatic carbocycles. The summed E-state index contributed by atoms with van der Waals surface area (Å²) in [4.78, 5) is 23.7. The minimum Gasteiger partial charge on any atom is -0.465 e. The van der Waals surface area contributed by atoms with E-state index in [0.29, 0.717) is 17.5 Å². The number of rotatable bonds is 2. The van der Waals surface area contributed by atoms with E-state index >= 15 is 0 Å². The van der Waals surface area contributed by atoms with Crippen LogP contribution in [0.25, 0.3) is 0 Å². The van der Waals surface area contributed by atoms with Gasteiger partial charge in [0.15, 0.2) is 0 Å². The van der Waals surface area contributed by atoms with Gasteiger partial charge < -0.3 is 9.47 Å². The number of carbonyl (C=O) groups is 2. The van der Waals surface area contributed by atoms with Gasteiger partial charge in [0.1, 0.15) is 6.10 Å². The molecule has 106 valence electrons. The van der Waals surface area contributed by atoms with Crippen LogP contribution in [0.2, 0.25) is 0 Å². The van der Waals surface area contributed by atoms with E-state index in [-0.39, 0.29) is 12.1 Å². The summed E-state index contributed by atoms with van der Waals surface area (Å²) >= 11 is 0. The molecule has 1 unspecified atom stereocenters. The van der Waals surface area contributed by atoms with Gasteiger partial charge in [-0.2, -0.15) is 0 Å². The first kappa shape index (κ1) is 13.4. The highest BCUT2D eigenvalue weighted by Gasteiger charge is 2.28. The van der Waals surface area contributed by atoms with Gasteiger partial charge in [0, 0.05) is 6.42 Å². The molecule has 0 fully saturated rings. The average molecular weight is 282 g/mol. The van der Waals surface area contributed by atoms with Crippen molar-refractivity contribution in [1.82, 2.24) is 0 Å². The Morgan fingerprint density at radius 1 is 1.19 bits per heavy atom. The van der Waals surface area contributed by atoms with Crippen molar-refractivity contribution in [2.75, 3.05) is 7.11 Å². The van der Waals surface area contributed by atoms with Gasteiger partial charge in [-0.15, -0.1) is 0 Å². The van der Waals surface area contributed by atoms with Crippen LogP contribution in [0.1, 0.15) is 37.9 Å². The van der Waals surface area contributed by atoms with Crippen LogP contribution in [0.4, 0.5) is 0 Å². The monoisotopic (exact) mass is 282 g/mol. The van der Waals surface area contributed by atoms with E-state index in [1.165, 1.54) is 7.11 Å². The molecule has 0 amide bonds. The highest BCUT2D eigenvalue weighted by atomic mass is 16.5. The number of hydrogen-bond donors (Lipinski definition) is 0. The van der Waals surface area contributed by atoms with Crippen LogP contribution in [-0.2, 0) is 15.9 Å². The van der Waals surface area contributed by atoms with Gasteiger partial charge in [0.05, 0.1) is 18.2 Å². The first-order chi connectivity index (χ1) is 10.2. The van der Waals surface area contributed by atoms with Gasteiger partial charge in [0.25, 0.3) is 0 Å².